The first kappa shape index (κ1) is 31.8. The first-order chi connectivity index (χ1) is 19.1. The van der Waals surface area contributed by atoms with E-state index in [2.05, 4.69) is 0 Å². The molecule has 0 radical (unpaired) electrons. The van der Waals surface area contributed by atoms with E-state index < -0.39 is 90.5 Å². The van der Waals surface area contributed by atoms with E-state index in [9.17, 15) is 57.1 Å². The normalized spacial score (nSPS) is 15.4. The highest BCUT2D eigenvalue weighted by molar-refractivity contribution is 6.87. The standard InChI is InChI=1S/C23H12B3F13O3/c1-11-2-12(20(28,29)30)5-16(3-11)24-40-25(17-6-13(21(31,32)33)4-14(7-17)22(34,35)36)42-26(41-24)18-8-15(23(37,38)39)9-19(27)10-18/h2-10H,1H3. The molecule has 0 spiro atoms. The van der Waals surface area contributed by atoms with Gasteiger partial charge in [-0.05, 0) is 47.6 Å². The maximum atomic E-state index is 14.1. The van der Waals surface area contributed by atoms with Gasteiger partial charge < -0.3 is 13.7 Å². The Bertz CT molecular complexity index is 1370. The van der Waals surface area contributed by atoms with Crippen molar-refractivity contribution >= 4 is 37.7 Å². The summed E-state index contributed by atoms with van der Waals surface area (Å²) in [7, 11) is -6.48. The maximum absolute atomic E-state index is 14.1. The second kappa shape index (κ2) is 10.8. The molecule has 0 aliphatic carbocycles. The topological polar surface area (TPSA) is 27.7 Å². The molecule has 1 aliphatic rings. The molecule has 42 heavy (non-hydrogen) atoms. The molecule has 4 rings (SSSR count). The first-order valence-electron chi connectivity index (χ1n) is 11.4. The summed E-state index contributed by atoms with van der Waals surface area (Å²) < 4.78 is 191. The molecule has 3 aromatic rings. The van der Waals surface area contributed by atoms with Gasteiger partial charge in [0.15, 0.2) is 0 Å². The summed E-state index contributed by atoms with van der Waals surface area (Å²) in [4.78, 5) is 0. The fraction of sp³-hybridized carbons (Fsp3) is 0.217. The molecule has 0 N–H and O–H groups in total. The number of hydrogen-bond donors (Lipinski definition) is 0. The van der Waals surface area contributed by atoms with Crippen LogP contribution in [0.3, 0.4) is 0 Å². The molecule has 1 aliphatic heterocycles. The van der Waals surface area contributed by atoms with Crippen LogP contribution in [0.15, 0.2) is 54.6 Å². The van der Waals surface area contributed by atoms with Crippen molar-refractivity contribution in [1.29, 1.82) is 0 Å². The summed E-state index contributed by atoms with van der Waals surface area (Å²) in [6, 6.07) is 3.36. The maximum Gasteiger partial charge on any atom is 0.467 e. The molecule has 0 saturated carbocycles. The van der Waals surface area contributed by atoms with Gasteiger partial charge >= 0.3 is 46.1 Å². The summed E-state index contributed by atoms with van der Waals surface area (Å²) in [6.07, 6.45) is -20.7. The van der Waals surface area contributed by atoms with Crippen LogP contribution in [0.25, 0.3) is 0 Å². The van der Waals surface area contributed by atoms with Crippen LogP contribution >= 0.6 is 0 Å². The van der Waals surface area contributed by atoms with Crippen molar-refractivity contribution in [2.45, 2.75) is 31.6 Å². The van der Waals surface area contributed by atoms with Gasteiger partial charge in [0.2, 0.25) is 0 Å². The third-order valence-corrected chi connectivity index (χ3v) is 5.84. The Morgan fingerprint density at radius 3 is 1.12 bits per heavy atom. The van der Waals surface area contributed by atoms with E-state index in [1.54, 1.807) is 0 Å². The van der Waals surface area contributed by atoms with Crippen molar-refractivity contribution in [1.82, 2.24) is 0 Å². The summed E-state index contributed by atoms with van der Waals surface area (Å²) in [6.45, 7) is 1.22. The van der Waals surface area contributed by atoms with Gasteiger partial charge in [0.25, 0.3) is 0 Å². The summed E-state index contributed by atoms with van der Waals surface area (Å²) >= 11 is 0. The van der Waals surface area contributed by atoms with Crippen molar-refractivity contribution in [2.24, 2.45) is 0 Å². The van der Waals surface area contributed by atoms with Crippen LogP contribution in [-0.4, -0.2) is 21.4 Å². The first-order valence-corrected chi connectivity index (χ1v) is 11.4. The van der Waals surface area contributed by atoms with Gasteiger partial charge in [-0.25, -0.2) is 4.39 Å². The third-order valence-electron chi connectivity index (χ3n) is 5.84. The van der Waals surface area contributed by atoms with E-state index in [-0.39, 0.29) is 29.8 Å². The van der Waals surface area contributed by atoms with E-state index in [0.717, 1.165) is 6.07 Å². The lowest BCUT2D eigenvalue weighted by molar-refractivity contribution is -0.143. The minimum absolute atomic E-state index is 0.0323. The predicted octanol–water partition coefficient (Wildman–Crippen LogP) is 5.76. The van der Waals surface area contributed by atoms with Crippen LogP contribution in [0, 0.1) is 12.7 Å². The molecule has 222 valence electrons. The minimum atomic E-state index is -5.32. The number of hydrogen-bond acceptors (Lipinski definition) is 3. The Balaban J connectivity index is 1.88. The Morgan fingerprint density at radius 1 is 0.429 bits per heavy atom. The van der Waals surface area contributed by atoms with E-state index in [4.69, 9.17) is 13.7 Å². The zero-order valence-corrected chi connectivity index (χ0v) is 20.6. The zero-order chi connectivity index (χ0) is 31.4. The molecule has 0 atom stereocenters. The molecule has 0 unspecified atom stereocenters. The zero-order valence-electron chi connectivity index (χ0n) is 20.6. The highest BCUT2D eigenvalue weighted by Gasteiger charge is 2.47. The van der Waals surface area contributed by atoms with Crippen LogP contribution in [0.2, 0.25) is 0 Å². The molecule has 3 aromatic carbocycles. The quantitative estimate of drug-likeness (QED) is 0.277. The van der Waals surface area contributed by atoms with Crippen molar-refractivity contribution < 1.29 is 70.8 Å². The van der Waals surface area contributed by atoms with Crippen molar-refractivity contribution in [3.8, 4) is 0 Å². The molecule has 1 heterocycles. The lowest BCUT2D eigenvalue weighted by Crippen LogP contribution is -2.61. The van der Waals surface area contributed by atoms with E-state index in [1.807, 2.05) is 0 Å². The fourth-order valence-electron chi connectivity index (χ4n) is 4.04. The number of rotatable bonds is 3. The van der Waals surface area contributed by atoms with Gasteiger partial charge in [-0.15, -0.1) is 0 Å². The van der Waals surface area contributed by atoms with E-state index in [0.29, 0.717) is 24.3 Å². The smallest absolute Gasteiger partial charge is 0.445 e. The number of halogens is 13. The van der Waals surface area contributed by atoms with Crippen LogP contribution in [0.4, 0.5) is 57.1 Å². The molecule has 0 bridgehead atoms. The summed E-state index contributed by atoms with van der Waals surface area (Å²) in [5.41, 5.74) is -8.60. The third kappa shape index (κ3) is 7.23. The van der Waals surface area contributed by atoms with E-state index >= 15 is 0 Å². The monoisotopic (exact) mass is 616 g/mol. The lowest BCUT2D eigenvalue weighted by Gasteiger charge is -2.32. The van der Waals surface area contributed by atoms with Crippen LogP contribution in [-0.2, 0) is 38.4 Å². The summed E-state index contributed by atoms with van der Waals surface area (Å²) in [5, 5.41) is 0. The van der Waals surface area contributed by atoms with Crippen molar-refractivity contribution in [2.75, 3.05) is 0 Å². The second-order valence-corrected chi connectivity index (χ2v) is 9.14. The Morgan fingerprint density at radius 2 is 0.738 bits per heavy atom. The highest BCUT2D eigenvalue weighted by atomic mass is 19.4. The predicted molar refractivity (Wildman–Crippen MR) is 123 cm³/mol. The largest absolute Gasteiger partial charge is 0.467 e. The minimum Gasteiger partial charge on any atom is -0.445 e. The molecular weight excluding hydrogens is 604 g/mol. The Labute approximate surface area is 229 Å². The number of aryl methyl sites for hydroxylation is 1. The summed E-state index contributed by atoms with van der Waals surface area (Å²) in [5.74, 6) is -1.47. The van der Waals surface area contributed by atoms with Gasteiger partial charge in [0, 0.05) is 0 Å². The molecule has 0 aromatic heterocycles. The van der Waals surface area contributed by atoms with Crippen molar-refractivity contribution in [3.63, 3.8) is 0 Å². The Hall–Kier alpha value is -3.18. The fourth-order valence-corrected chi connectivity index (χ4v) is 4.04. The number of alkyl halides is 12. The average molecular weight is 616 g/mol. The van der Waals surface area contributed by atoms with Gasteiger partial charge in [-0.1, -0.05) is 35.9 Å². The number of benzene rings is 3. The van der Waals surface area contributed by atoms with Crippen LogP contribution < -0.4 is 16.4 Å². The lowest BCUT2D eigenvalue weighted by atomic mass is 9.61. The van der Waals surface area contributed by atoms with Gasteiger partial charge in [0.05, 0.1) is 22.3 Å². The average Bonchev–Trinajstić information content (AvgIpc) is 2.85. The van der Waals surface area contributed by atoms with E-state index in [1.165, 1.54) is 6.92 Å². The molecule has 0 amide bonds. The SMILES string of the molecule is Cc1cc(B2OB(c3cc(F)cc(C(F)(F)F)c3)OB(c3cc(C(F)(F)F)cc(C(F)(F)F)c3)O2)cc(C(F)(F)F)c1. The molecule has 1 fully saturated rings. The van der Waals surface area contributed by atoms with Crippen LogP contribution in [0.1, 0.15) is 27.8 Å². The highest BCUT2D eigenvalue weighted by Crippen LogP contribution is 2.35. The second-order valence-electron chi connectivity index (χ2n) is 9.14. The molecule has 1 saturated heterocycles. The molecule has 3 nitrogen and oxygen atoms in total. The van der Waals surface area contributed by atoms with Gasteiger partial charge in [-0.3, -0.25) is 0 Å². The van der Waals surface area contributed by atoms with Gasteiger partial charge in [-0.2, -0.15) is 52.7 Å². The van der Waals surface area contributed by atoms with Crippen LogP contribution in [0.5, 0.6) is 0 Å². The molecular formula is C23H12B3F13O3. The van der Waals surface area contributed by atoms with Crippen molar-refractivity contribution in [3.05, 3.63) is 88.2 Å². The van der Waals surface area contributed by atoms with Gasteiger partial charge in [0.1, 0.15) is 5.82 Å². The molecule has 19 heteroatoms. The Kier molecular flexibility index (Phi) is 8.19.